The normalized spacial score (nSPS) is 10.7. The quantitative estimate of drug-likeness (QED) is 0.797. The minimum Gasteiger partial charge on any atom is -0.361 e. The third-order valence-corrected chi connectivity index (χ3v) is 3.86. The summed E-state index contributed by atoms with van der Waals surface area (Å²) in [5.74, 6) is -0.194. The Morgan fingerprint density at radius 3 is 2.86 bits per heavy atom. The van der Waals surface area contributed by atoms with E-state index in [1.165, 1.54) is 23.5 Å². The number of aryl methyl sites for hydroxylation is 2. The van der Waals surface area contributed by atoms with Crippen molar-refractivity contribution >= 4 is 22.4 Å². The van der Waals surface area contributed by atoms with Crippen LogP contribution in [-0.2, 0) is 0 Å². The van der Waals surface area contributed by atoms with Crippen LogP contribution in [-0.4, -0.2) is 16.0 Å². The molecule has 0 spiro atoms. The van der Waals surface area contributed by atoms with E-state index in [-0.39, 0.29) is 11.7 Å². The molecule has 0 bridgehead atoms. The molecule has 0 aliphatic carbocycles. The van der Waals surface area contributed by atoms with E-state index < -0.39 is 0 Å². The summed E-state index contributed by atoms with van der Waals surface area (Å²) in [7, 11) is 0. The van der Waals surface area contributed by atoms with Gasteiger partial charge in [-0.15, -0.1) is 11.3 Å². The maximum Gasteiger partial charge on any atom is 0.262 e. The van der Waals surface area contributed by atoms with E-state index in [9.17, 15) is 9.18 Å². The summed E-state index contributed by atoms with van der Waals surface area (Å²) in [6.45, 7) is 3.38. The molecule has 1 aromatic carbocycles. The molecule has 2 heterocycles. The smallest absolute Gasteiger partial charge is 0.262 e. The van der Waals surface area contributed by atoms with Crippen LogP contribution >= 0.6 is 11.3 Å². The average molecular weight is 317 g/mol. The second-order valence-electron chi connectivity index (χ2n) is 4.70. The molecule has 0 atom stereocenters. The number of amides is 1. The number of rotatable bonds is 3. The first-order valence-corrected chi connectivity index (χ1v) is 7.38. The van der Waals surface area contributed by atoms with E-state index in [4.69, 9.17) is 4.52 Å². The zero-order valence-corrected chi connectivity index (χ0v) is 12.7. The monoisotopic (exact) mass is 317 g/mol. The van der Waals surface area contributed by atoms with Crippen LogP contribution in [0, 0.1) is 19.7 Å². The van der Waals surface area contributed by atoms with Crippen molar-refractivity contribution in [1.82, 2.24) is 10.1 Å². The van der Waals surface area contributed by atoms with Crippen molar-refractivity contribution in [3.63, 3.8) is 0 Å². The first kappa shape index (κ1) is 14.4. The molecule has 7 heteroatoms. The third kappa shape index (κ3) is 2.75. The van der Waals surface area contributed by atoms with Gasteiger partial charge in [-0.3, -0.25) is 10.1 Å². The van der Waals surface area contributed by atoms with Gasteiger partial charge in [-0.2, -0.15) is 0 Å². The molecule has 0 saturated carbocycles. The highest BCUT2D eigenvalue weighted by Gasteiger charge is 2.18. The highest BCUT2D eigenvalue weighted by molar-refractivity contribution is 7.14. The van der Waals surface area contributed by atoms with Crippen LogP contribution in [0.4, 0.5) is 9.52 Å². The lowest BCUT2D eigenvalue weighted by molar-refractivity contribution is 0.102. The standard InChI is InChI=1S/C15H12FN3O2S/c1-8-13(9(2)21-19-8)14(20)18-15-17-12(7-22-15)10-4-3-5-11(16)6-10/h3-7H,1-2H3,(H,17,18,20). The van der Waals surface area contributed by atoms with Gasteiger partial charge in [0.05, 0.1) is 11.4 Å². The summed E-state index contributed by atoms with van der Waals surface area (Å²) < 4.78 is 18.2. The molecule has 22 heavy (non-hydrogen) atoms. The maximum atomic E-state index is 13.2. The third-order valence-electron chi connectivity index (χ3n) is 3.11. The van der Waals surface area contributed by atoms with Gasteiger partial charge in [-0.1, -0.05) is 17.3 Å². The van der Waals surface area contributed by atoms with Gasteiger partial charge in [0, 0.05) is 10.9 Å². The summed E-state index contributed by atoms with van der Waals surface area (Å²) in [6, 6.07) is 6.15. The van der Waals surface area contributed by atoms with Gasteiger partial charge < -0.3 is 4.52 Å². The Labute approximate surface area is 129 Å². The van der Waals surface area contributed by atoms with Crippen molar-refractivity contribution in [3.05, 3.63) is 52.5 Å². The molecular formula is C15H12FN3O2S. The molecule has 0 unspecified atom stereocenters. The van der Waals surface area contributed by atoms with E-state index in [0.717, 1.165) is 0 Å². The molecule has 112 valence electrons. The Hall–Kier alpha value is -2.54. The number of aromatic nitrogens is 2. The van der Waals surface area contributed by atoms with Gasteiger partial charge in [0.15, 0.2) is 5.13 Å². The SMILES string of the molecule is Cc1noc(C)c1C(=O)Nc1nc(-c2cccc(F)c2)cs1. The van der Waals surface area contributed by atoms with E-state index in [1.54, 1.807) is 31.4 Å². The molecule has 1 amide bonds. The first-order chi connectivity index (χ1) is 10.5. The van der Waals surface area contributed by atoms with Crippen LogP contribution in [0.3, 0.4) is 0 Å². The Kier molecular flexibility index (Phi) is 3.72. The topological polar surface area (TPSA) is 68.0 Å². The fraction of sp³-hybridized carbons (Fsp3) is 0.133. The largest absolute Gasteiger partial charge is 0.361 e. The number of carbonyl (C=O) groups is 1. The molecule has 1 N–H and O–H groups in total. The molecule has 3 rings (SSSR count). The van der Waals surface area contributed by atoms with E-state index in [1.807, 2.05) is 0 Å². The number of anilines is 1. The van der Waals surface area contributed by atoms with Gasteiger partial charge in [0.1, 0.15) is 17.1 Å². The molecule has 0 aliphatic rings. The Morgan fingerprint density at radius 1 is 1.36 bits per heavy atom. The summed E-state index contributed by atoms with van der Waals surface area (Å²) in [5, 5.41) is 8.65. The number of halogens is 1. The molecule has 0 aliphatic heterocycles. The van der Waals surface area contributed by atoms with E-state index >= 15 is 0 Å². The number of nitrogens with zero attached hydrogens (tertiary/aromatic N) is 2. The van der Waals surface area contributed by atoms with Gasteiger partial charge in [-0.25, -0.2) is 9.37 Å². The Bertz CT molecular complexity index is 821. The van der Waals surface area contributed by atoms with Crippen molar-refractivity contribution in [2.45, 2.75) is 13.8 Å². The fourth-order valence-corrected chi connectivity index (χ4v) is 2.79. The number of benzene rings is 1. The molecule has 3 aromatic rings. The van der Waals surface area contributed by atoms with Crippen molar-refractivity contribution in [3.8, 4) is 11.3 Å². The van der Waals surface area contributed by atoms with Crippen LogP contribution < -0.4 is 5.32 Å². The minimum absolute atomic E-state index is 0.323. The van der Waals surface area contributed by atoms with Crippen molar-refractivity contribution in [2.24, 2.45) is 0 Å². The number of hydrogen-bond acceptors (Lipinski definition) is 5. The van der Waals surface area contributed by atoms with Crippen molar-refractivity contribution in [2.75, 3.05) is 5.32 Å². The summed E-state index contributed by atoms with van der Waals surface area (Å²) in [6.07, 6.45) is 0. The molecular weight excluding hydrogens is 305 g/mol. The predicted octanol–water partition coefficient (Wildman–Crippen LogP) is 3.81. The van der Waals surface area contributed by atoms with Crippen molar-refractivity contribution in [1.29, 1.82) is 0 Å². The molecule has 0 fully saturated rings. The van der Waals surface area contributed by atoms with Crippen molar-refractivity contribution < 1.29 is 13.7 Å². The fourth-order valence-electron chi connectivity index (χ4n) is 2.08. The second-order valence-corrected chi connectivity index (χ2v) is 5.56. The van der Waals surface area contributed by atoms with Gasteiger partial charge in [0.2, 0.25) is 0 Å². The van der Waals surface area contributed by atoms with Crippen LogP contribution in [0.1, 0.15) is 21.8 Å². The number of hydrogen-bond donors (Lipinski definition) is 1. The maximum absolute atomic E-state index is 13.2. The van der Waals surface area contributed by atoms with Gasteiger partial charge in [0.25, 0.3) is 5.91 Å². The van der Waals surface area contributed by atoms with Gasteiger partial charge in [-0.05, 0) is 26.0 Å². The number of nitrogens with one attached hydrogen (secondary N) is 1. The average Bonchev–Trinajstić information content (AvgIpc) is 3.06. The van der Waals surface area contributed by atoms with Gasteiger partial charge >= 0.3 is 0 Å². The molecule has 2 aromatic heterocycles. The lowest BCUT2D eigenvalue weighted by Crippen LogP contribution is -2.13. The first-order valence-electron chi connectivity index (χ1n) is 6.50. The zero-order valence-electron chi connectivity index (χ0n) is 11.9. The van der Waals surface area contributed by atoms with Crippen LogP contribution in [0.5, 0.6) is 0 Å². The highest BCUT2D eigenvalue weighted by Crippen LogP contribution is 2.26. The second kappa shape index (κ2) is 5.69. The highest BCUT2D eigenvalue weighted by atomic mass is 32.1. The summed E-state index contributed by atoms with van der Waals surface area (Å²) in [5.41, 5.74) is 2.20. The molecule has 0 radical (unpaired) electrons. The van der Waals surface area contributed by atoms with E-state index in [0.29, 0.717) is 33.4 Å². The van der Waals surface area contributed by atoms with Crippen LogP contribution in [0.15, 0.2) is 34.2 Å². The van der Waals surface area contributed by atoms with Crippen LogP contribution in [0.2, 0.25) is 0 Å². The predicted molar refractivity (Wildman–Crippen MR) is 81.4 cm³/mol. The molecule has 5 nitrogen and oxygen atoms in total. The lowest BCUT2D eigenvalue weighted by Gasteiger charge is -2.00. The Morgan fingerprint density at radius 2 is 2.18 bits per heavy atom. The summed E-state index contributed by atoms with van der Waals surface area (Å²) >= 11 is 1.27. The lowest BCUT2D eigenvalue weighted by atomic mass is 10.2. The minimum atomic E-state index is -0.327. The number of thiazole rings is 1. The van der Waals surface area contributed by atoms with E-state index in [2.05, 4.69) is 15.5 Å². The summed E-state index contributed by atoms with van der Waals surface area (Å²) in [4.78, 5) is 16.5. The molecule has 0 saturated heterocycles. The zero-order chi connectivity index (χ0) is 15.7. The number of carbonyl (C=O) groups excluding carboxylic acids is 1. The van der Waals surface area contributed by atoms with Crippen LogP contribution in [0.25, 0.3) is 11.3 Å². The Balaban J connectivity index is 1.82.